The third-order valence-electron chi connectivity index (χ3n) is 3.70. The number of benzene rings is 1. The fraction of sp³-hybridized carbons (Fsp3) is 0.222. The Balaban J connectivity index is 1.55. The maximum absolute atomic E-state index is 6.02. The lowest BCUT2D eigenvalue weighted by atomic mass is 10.1. The molecule has 3 rings (SSSR count). The summed E-state index contributed by atoms with van der Waals surface area (Å²) in [5, 5.41) is 5.31. The van der Waals surface area contributed by atoms with E-state index in [2.05, 4.69) is 47.9 Å². The maximum atomic E-state index is 6.02. The molecule has 1 aliphatic rings. The van der Waals surface area contributed by atoms with Gasteiger partial charge in [0.25, 0.3) is 0 Å². The van der Waals surface area contributed by atoms with Gasteiger partial charge in [-0.25, -0.2) is 0 Å². The van der Waals surface area contributed by atoms with E-state index in [4.69, 9.17) is 11.6 Å². The molecular weight excluding hydrogens is 294 g/mol. The molecule has 0 amide bonds. The van der Waals surface area contributed by atoms with Gasteiger partial charge < -0.3 is 10.2 Å². The normalized spacial score (nSPS) is 15.8. The van der Waals surface area contributed by atoms with Gasteiger partial charge in [-0.1, -0.05) is 11.6 Å². The Kier molecular flexibility index (Phi) is 5.16. The highest BCUT2D eigenvalue weighted by Gasteiger charge is 2.18. The molecule has 4 heteroatoms. The Bertz CT molecular complexity index is 623. The van der Waals surface area contributed by atoms with Crippen LogP contribution >= 0.6 is 11.6 Å². The lowest BCUT2D eigenvalue weighted by Gasteiger charge is -2.20. The van der Waals surface area contributed by atoms with Crippen LogP contribution in [-0.2, 0) is 0 Å². The van der Waals surface area contributed by atoms with Gasteiger partial charge >= 0.3 is 0 Å². The summed E-state index contributed by atoms with van der Waals surface area (Å²) >= 11 is 6.02. The first kappa shape index (κ1) is 15.6. The zero-order valence-electron chi connectivity index (χ0n) is 12.6. The highest BCUT2D eigenvalue weighted by molar-refractivity contribution is 6.31. The minimum atomic E-state index is 0.714. The molecule has 113 valence electrons. The number of fused-ring (bicyclic) bond motifs is 1. The van der Waals surface area contributed by atoms with Crippen LogP contribution in [0, 0.1) is 31.6 Å². The SMILES string of the molecule is CN(CCNc1ccnc2cc(Cl)ccc12)C[C]1[CH][CH][CH][CH]1. The van der Waals surface area contributed by atoms with Crippen LogP contribution in [0.25, 0.3) is 10.9 Å². The van der Waals surface area contributed by atoms with Crippen LogP contribution in [0.5, 0.6) is 0 Å². The molecule has 2 aromatic rings. The van der Waals surface area contributed by atoms with Crippen LogP contribution in [0.1, 0.15) is 0 Å². The van der Waals surface area contributed by atoms with E-state index < -0.39 is 0 Å². The number of pyridine rings is 1. The predicted molar refractivity (Wildman–Crippen MR) is 93.2 cm³/mol. The average molecular weight is 313 g/mol. The van der Waals surface area contributed by atoms with Crippen molar-refractivity contribution >= 4 is 28.2 Å². The van der Waals surface area contributed by atoms with E-state index in [1.54, 1.807) is 0 Å². The Morgan fingerprint density at radius 1 is 1.18 bits per heavy atom. The number of hydrogen-bond donors (Lipinski definition) is 1. The van der Waals surface area contributed by atoms with Gasteiger partial charge in [0, 0.05) is 41.9 Å². The summed E-state index contributed by atoms with van der Waals surface area (Å²) < 4.78 is 0. The number of likely N-dealkylation sites (N-methyl/N-ethyl adjacent to an activating group) is 1. The van der Waals surface area contributed by atoms with Gasteiger partial charge in [-0.2, -0.15) is 0 Å². The summed E-state index contributed by atoms with van der Waals surface area (Å²) in [6.45, 7) is 2.84. The van der Waals surface area contributed by atoms with Gasteiger partial charge in [0.15, 0.2) is 0 Å². The van der Waals surface area contributed by atoms with Crippen LogP contribution in [0.15, 0.2) is 30.5 Å². The summed E-state index contributed by atoms with van der Waals surface area (Å²) in [7, 11) is 2.14. The van der Waals surface area contributed by atoms with Crippen LogP contribution in [0.2, 0.25) is 5.02 Å². The third kappa shape index (κ3) is 3.90. The zero-order chi connectivity index (χ0) is 15.4. The van der Waals surface area contributed by atoms with Gasteiger partial charge in [-0.15, -0.1) is 0 Å². The highest BCUT2D eigenvalue weighted by atomic mass is 35.5. The molecule has 3 nitrogen and oxygen atoms in total. The molecule has 0 bridgehead atoms. The topological polar surface area (TPSA) is 28.2 Å². The Hall–Kier alpha value is -1.32. The van der Waals surface area contributed by atoms with Crippen molar-refractivity contribution in [3.63, 3.8) is 0 Å². The Labute approximate surface area is 137 Å². The second-order valence-electron chi connectivity index (χ2n) is 5.48. The van der Waals surface area contributed by atoms with E-state index in [0.29, 0.717) is 5.02 Å². The Morgan fingerprint density at radius 3 is 2.82 bits per heavy atom. The molecule has 1 aliphatic carbocycles. The smallest absolute Gasteiger partial charge is 0.0737 e. The van der Waals surface area contributed by atoms with Gasteiger partial charge in [0.1, 0.15) is 0 Å². The van der Waals surface area contributed by atoms with Crippen molar-refractivity contribution < 1.29 is 0 Å². The molecule has 1 aromatic heterocycles. The van der Waals surface area contributed by atoms with Crippen molar-refractivity contribution in [2.45, 2.75) is 0 Å². The van der Waals surface area contributed by atoms with Crippen LogP contribution < -0.4 is 5.32 Å². The van der Waals surface area contributed by atoms with E-state index >= 15 is 0 Å². The van der Waals surface area contributed by atoms with Crippen molar-refractivity contribution in [3.8, 4) is 0 Å². The molecule has 1 aromatic carbocycles. The third-order valence-corrected chi connectivity index (χ3v) is 3.93. The van der Waals surface area contributed by atoms with Crippen molar-refractivity contribution in [1.82, 2.24) is 9.88 Å². The molecule has 0 spiro atoms. The van der Waals surface area contributed by atoms with Gasteiger partial charge in [0.05, 0.1) is 5.52 Å². The van der Waals surface area contributed by atoms with Gasteiger partial charge in [-0.05, 0) is 62.9 Å². The molecule has 0 aliphatic heterocycles. The minimum Gasteiger partial charge on any atom is -0.383 e. The number of halogens is 1. The molecule has 0 atom stereocenters. The first-order valence-electron chi connectivity index (χ1n) is 7.39. The van der Waals surface area contributed by atoms with E-state index in [-0.39, 0.29) is 0 Å². The van der Waals surface area contributed by atoms with E-state index in [1.807, 2.05) is 30.5 Å². The molecule has 1 saturated carbocycles. The first-order valence-corrected chi connectivity index (χ1v) is 7.77. The number of aromatic nitrogens is 1. The van der Waals surface area contributed by atoms with Crippen LogP contribution in [-0.4, -0.2) is 36.6 Å². The molecule has 5 radical (unpaired) electrons. The second-order valence-corrected chi connectivity index (χ2v) is 5.91. The summed E-state index contributed by atoms with van der Waals surface area (Å²) in [4.78, 5) is 6.67. The van der Waals surface area contributed by atoms with Crippen molar-refractivity contribution in [2.24, 2.45) is 0 Å². The van der Waals surface area contributed by atoms with Gasteiger partial charge in [0.2, 0.25) is 0 Å². The summed E-state index contributed by atoms with van der Waals surface area (Å²) in [5.74, 6) is 1.35. The van der Waals surface area contributed by atoms with Crippen molar-refractivity contribution in [2.75, 3.05) is 32.0 Å². The van der Waals surface area contributed by atoms with E-state index in [9.17, 15) is 0 Å². The number of nitrogens with zero attached hydrogens (tertiary/aromatic N) is 2. The Morgan fingerprint density at radius 2 is 2.00 bits per heavy atom. The average Bonchev–Trinajstić information content (AvgIpc) is 3.00. The molecular formula is C18H19ClN3. The summed E-state index contributed by atoms with van der Waals surface area (Å²) in [6.07, 6.45) is 10.3. The monoisotopic (exact) mass is 312 g/mol. The maximum Gasteiger partial charge on any atom is 0.0737 e. The molecule has 0 unspecified atom stereocenters. The summed E-state index contributed by atoms with van der Waals surface area (Å²) in [5.41, 5.74) is 2.02. The quantitative estimate of drug-likeness (QED) is 0.882. The minimum absolute atomic E-state index is 0.714. The fourth-order valence-corrected chi connectivity index (χ4v) is 2.73. The standard InChI is InChI=1S/C18H19ClN3/c1-22(13-14-4-2-3-5-14)11-10-21-17-8-9-20-18-12-15(19)6-7-16(17)18/h2-9,12H,10-11,13H2,1H3,(H,20,21). The van der Waals surface area contributed by atoms with Crippen LogP contribution in [0.4, 0.5) is 5.69 Å². The molecule has 0 saturated heterocycles. The largest absolute Gasteiger partial charge is 0.383 e. The second kappa shape index (κ2) is 7.30. The molecule has 22 heavy (non-hydrogen) atoms. The summed E-state index contributed by atoms with van der Waals surface area (Å²) in [6, 6.07) is 7.82. The van der Waals surface area contributed by atoms with Crippen LogP contribution in [0.3, 0.4) is 0 Å². The lowest BCUT2D eigenvalue weighted by molar-refractivity contribution is 0.366. The van der Waals surface area contributed by atoms with E-state index in [1.165, 1.54) is 5.92 Å². The molecule has 1 N–H and O–H groups in total. The highest BCUT2D eigenvalue weighted by Crippen LogP contribution is 2.25. The first-order chi connectivity index (χ1) is 10.7. The molecule has 1 fully saturated rings. The fourth-order valence-electron chi connectivity index (χ4n) is 2.57. The van der Waals surface area contributed by atoms with Crippen molar-refractivity contribution in [3.05, 3.63) is 67.1 Å². The zero-order valence-corrected chi connectivity index (χ0v) is 13.3. The number of nitrogens with one attached hydrogen (secondary N) is 1. The number of anilines is 1. The number of rotatable bonds is 6. The number of hydrogen-bond acceptors (Lipinski definition) is 3. The van der Waals surface area contributed by atoms with E-state index in [0.717, 1.165) is 36.2 Å². The van der Waals surface area contributed by atoms with Crippen molar-refractivity contribution in [1.29, 1.82) is 0 Å². The molecule has 1 heterocycles. The predicted octanol–water partition coefficient (Wildman–Crippen LogP) is 3.64. The van der Waals surface area contributed by atoms with Gasteiger partial charge in [-0.3, -0.25) is 4.98 Å². The lowest BCUT2D eigenvalue weighted by Crippen LogP contribution is -2.29.